The van der Waals surface area contributed by atoms with Crippen molar-refractivity contribution in [3.8, 4) is 0 Å². The van der Waals surface area contributed by atoms with Gasteiger partial charge in [-0.3, -0.25) is 0 Å². The minimum absolute atomic E-state index is 0.589. The van der Waals surface area contributed by atoms with Crippen molar-refractivity contribution < 1.29 is 0 Å². The minimum atomic E-state index is 0.589. The van der Waals surface area contributed by atoms with E-state index >= 15 is 0 Å². The Morgan fingerprint density at radius 3 is 3.00 bits per heavy atom. The van der Waals surface area contributed by atoms with Crippen LogP contribution in [0.3, 0.4) is 0 Å². The highest BCUT2D eigenvalue weighted by Gasteiger charge is 2.23. The van der Waals surface area contributed by atoms with Crippen molar-refractivity contribution in [1.29, 1.82) is 0 Å². The summed E-state index contributed by atoms with van der Waals surface area (Å²) in [5.41, 5.74) is 8.31. The van der Waals surface area contributed by atoms with Crippen molar-refractivity contribution in [2.45, 2.75) is 38.6 Å². The Bertz CT molecular complexity index is 376. The molecule has 0 aliphatic carbocycles. The molecular weight excluding hydrogens is 232 g/mol. The lowest BCUT2D eigenvalue weighted by Crippen LogP contribution is -2.41. The Labute approximate surface area is 109 Å². The van der Waals surface area contributed by atoms with E-state index in [0.29, 0.717) is 6.04 Å². The Morgan fingerprint density at radius 1 is 1.41 bits per heavy atom. The molecule has 0 spiro atoms. The fourth-order valence-electron chi connectivity index (χ4n) is 2.70. The molecule has 0 saturated carbocycles. The summed E-state index contributed by atoms with van der Waals surface area (Å²) in [5.74, 6) is 0. The number of hydrogen-bond acceptors (Lipinski definition) is 2. The molecule has 2 N–H and O–H groups in total. The lowest BCUT2D eigenvalue weighted by molar-refractivity contribution is 0.441. The fraction of sp³-hybridized carbons (Fsp3) is 0.571. The summed E-state index contributed by atoms with van der Waals surface area (Å²) in [7, 11) is 0. The number of nitrogens with two attached hydrogens (primary N) is 1. The van der Waals surface area contributed by atoms with Gasteiger partial charge in [0.2, 0.25) is 0 Å². The van der Waals surface area contributed by atoms with Crippen LogP contribution in [0, 0.1) is 6.92 Å². The summed E-state index contributed by atoms with van der Waals surface area (Å²) < 4.78 is 0. The monoisotopic (exact) mass is 252 g/mol. The van der Waals surface area contributed by atoms with Crippen molar-refractivity contribution in [3.63, 3.8) is 0 Å². The molecule has 1 unspecified atom stereocenters. The molecule has 1 aromatic carbocycles. The van der Waals surface area contributed by atoms with Gasteiger partial charge in [0.25, 0.3) is 0 Å². The predicted octanol–water partition coefficient (Wildman–Crippen LogP) is 3.36. The van der Waals surface area contributed by atoms with E-state index in [-0.39, 0.29) is 0 Å². The van der Waals surface area contributed by atoms with Crippen LogP contribution in [0.1, 0.15) is 31.2 Å². The van der Waals surface area contributed by atoms with Gasteiger partial charge in [-0.1, -0.05) is 17.7 Å². The van der Waals surface area contributed by atoms with Gasteiger partial charge in [0, 0.05) is 23.3 Å². The quantitative estimate of drug-likeness (QED) is 0.894. The second kappa shape index (κ2) is 5.74. The van der Waals surface area contributed by atoms with Crippen LogP contribution in [0.15, 0.2) is 18.2 Å². The van der Waals surface area contributed by atoms with E-state index in [1.807, 2.05) is 6.07 Å². The Hall–Kier alpha value is -0.730. The number of aryl methyl sites for hydroxylation is 1. The molecule has 1 aliphatic heterocycles. The maximum absolute atomic E-state index is 6.11. The fourth-order valence-corrected chi connectivity index (χ4v) is 2.87. The molecule has 1 aliphatic rings. The summed E-state index contributed by atoms with van der Waals surface area (Å²) in [4.78, 5) is 2.50. The lowest BCUT2D eigenvalue weighted by atomic mass is 9.97. The van der Waals surface area contributed by atoms with E-state index in [1.165, 1.54) is 30.5 Å². The molecule has 0 aromatic heterocycles. The normalized spacial score (nSPS) is 20.6. The van der Waals surface area contributed by atoms with Gasteiger partial charge in [-0.25, -0.2) is 0 Å². The molecule has 0 bridgehead atoms. The topological polar surface area (TPSA) is 29.3 Å². The first-order valence-electron chi connectivity index (χ1n) is 6.45. The zero-order chi connectivity index (χ0) is 12.3. The van der Waals surface area contributed by atoms with Crippen LogP contribution in [-0.2, 0) is 0 Å². The SMILES string of the molecule is Cc1ccc(Cl)cc1N1CCCCC1CCN. The highest BCUT2D eigenvalue weighted by atomic mass is 35.5. The Balaban J connectivity index is 2.25. The number of halogens is 1. The highest BCUT2D eigenvalue weighted by molar-refractivity contribution is 6.30. The Kier molecular flexibility index (Phi) is 4.30. The van der Waals surface area contributed by atoms with Crippen molar-refractivity contribution in [2.24, 2.45) is 5.73 Å². The van der Waals surface area contributed by atoms with E-state index in [0.717, 1.165) is 24.5 Å². The zero-order valence-corrected chi connectivity index (χ0v) is 11.2. The standard InChI is InChI=1S/C14H21ClN2/c1-11-5-6-12(15)10-14(11)17-9-3-2-4-13(17)7-8-16/h5-6,10,13H,2-4,7-9,16H2,1H3. The van der Waals surface area contributed by atoms with Crippen molar-refractivity contribution in [2.75, 3.05) is 18.0 Å². The molecule has 3 heteroatoms. The molecule has 17 heavy (non-hydrogen) atoms. The molecule has 1 aromatic rings. The van der Waals surface area contributed by atoms with E-state index < -0.39 is 0 Å². The average Bonchev–Trinajstić information content (AvgIpc) is 2.34. The van der Waals surface area contributed by atoms with Gasteiger partial charge in [-0.05, 0) is 56.8 Å². The van der Waals surface area contributed by atoms with Gasteiger partial charge in [0.1, 0.15) is 0 Å². The molecule has 0 amide bonds. The van der Waals surface area contributed by atoms with Crippen molar-refractivity contribution in [1.82, 2.24) is 0 Å². The van der Waals surface area contributed by atoms with Crippen LogP contribution in [0.25, 0.3) is 0 Å². The van der Waals surface area contributed by atoms with E-state index in [4.69, 9.17) is 17.3 Å². The number of nitrogens with zero attached hydrogens (tertiary/aromatic N) is 1. The summed E-state index contributed by atoms with van der Waals surface area (Å²) in [6.07, 6.45) is 4.92. The van der Waals surface area contributed by atoms with Crippen molar-refractivity contribution in [3.05, 3.63) is 28.8 Å². The third-order valence-electron chi connectivity index (χ3n) is 3.61. The van der Waals surface area contributed by atoms with Crippen LogP contribution in [0.5, 0.6) is 0 Å². The lowest BCUT2D eigenvalue weighted by Gasteiger charge is -2.38. The van der Waals surface area contributed by atoms with E-state index in [1.54, 1.807) is 0 Å². The molecule has 1 fully saturated rings. The van der Waals surface area contributed by atoms with Crippen LogP contribution >= 0.6 is 11.6 Å². The van der Waals surface area contributed by atoms with E-state index in [2.05, 4.69) is 24.0 Å². The molecular formula is C14H21ClN2. The van der Waals surface area contributed by atoms with Gasteiger partial charge < -0.3 is 10.6 Å². The zero-order valence-electron chi connectivity index (χ0n) is 10.5. The largest absolute Gasteiger partial charge is 0.368 e. The maximum atomic E-state index is 6.11. The van der Waals surface area contributed by atoms with Gasteiger partial charge in [-0.15, -0.1) is 0 Å². The summed E-state index contributed by atoms with van der Waals surface area (Å²) in [5, 5.41) is 0.822. The van der Waals surface area contributed by atoms with Crippen LogP contribution in [0.4, 0.5) is 5.69 Å². The predicted molar refractivity (Wildman–Crippen MR) is 74.8 cm³/mol. The molecule has 94 valence electrons. The number of rotatable bonds is 3. The maximum Gasteiger partial charge on any atom is 0.0426 e. The Morgan fingerprint density at radius 2 is 2.24 bits per heavy atom. The molecule has 1 heterocycles. The van der Waals surface area contributed by atoms with Gasteiger partial charge in [0.05, 0.1) is 0 Å². The number of benzene rings is 1. The van der Waals surface area contributed by atoms with Gasteiger partial charge >= 0.3 is 0 Å². The van der Waals surface area contributed by atoms with E-state index in [9.17, 15) is 0 Å². The van der Waals surface area contributed by atoms with Gasteiger partial charge in [-0.2, -0.15) is 0 Å². The number of piperidine rings is 1. The molecule has 1 atom stereocenters. The summed E-state index contributed by atoms with van der Waals surface area (Å²) in [6, 6.07) is 6.74. The molecule has 2 rings (SSSR count). The van der Waals surface area contributed by atoms with Crippen LogP contribution in [0.2, 0.25) is 5.02 Å². The third-order valence-corrected chi connectivity index (χ3v) is 3.84. The summed E-state index contributed by atoms with van der Waals surface area (Å²) >= 11 is 6.11. The molecule has 2 nitrogen and oxygen atoms in total. The third kappa shape index (κ3) is 2.93. The second-order valence-corrected chi connectivity index (χ2v) is 5.29. The number of hydrogen-bond donors (Lipinski definition) is 1. The molecule has 0 radical (unpaired) electrons. The van der Waals surface area contributed by atoms with Crippen LogP contribution in [-0.4, -0.2) is 19.1 Å². The second-order valence-electron chi connectivity index (χ2n) is 4.85. The number of anilines is 1. The first-order chi connectivity index (χ1) is 8.22. The smallest absolute Gasteiger partial charge is 0.0426 e. The first kappa shape index (κ1) is 12.7. The van der Waals surface area contributed by atoms with Crippen molar-refractivity contribution >= 4 is 17.3 Å². The molecule has 1 saturated heterocycles. The minimum Gasteiger partial charge on any atom is -0.368 e. The average molecular weight is 253 g/mol. The highest BCUT2D eigenvalue weighted by Crippen LogP contribution is 2.30. The van der Waals surface area contributed by atoms with Gasteiger partial charge in [0.15, 0.2) is 0 Å². The first-order valence-corrected chi connectivity index (χ1v) is 6.83. The van der Waals surface area contributed by atoms with Crippen LogP contribution < -0.4 is 10.6 Å². The summed E-state index contributed by atoms with van der Waals surface area (Å²) in [6.45, 7) is 4.05.